The van der Waals surface area contributed by atoms with Crippen LogP contribution in [0.1, 0.15) is 106 Å². The molecule has 2 nitrogen and oxygen atoms in total. The van der Waals surface area contributed by atoms with Gasteiger partial charge in [-0.1, -0.05) is 78.3 Å². The lowest BCUT2D eigenvalue weighted by molar-refractivity contribution is 0.0697. The van der Waals surface area contributed by atoms with E-state index in [0.29, 0.717) is 5.56 Å². The van der Waals surface area contributed by atoms with Gasteiger partial charge in [-0.3, -0.25) is 0 Å². The minimum atomic E-state index is -0.886. The zero-order valence-corrected chi connectivity index (χ0v) is 20.3. The third kappa shape index (κ3) is 4.95. The third-order valence-electron chi connectivity index (χ3n) is 7.15. The third-order valence-corrected chi connectivity index (χ3v) is 7.15. The molecule has 0 bridgehead atoms. The van der Waals surface area contributed by atoms with Crippen LogP contribution >= 0.6 is 0 Å². The molecule has 3 rings (SSSR count). The highest BCUT2D eigenvalue weighted by Gasteiger charge is 2.42. The summed E-state index contributed by atoms with van der Waals surface area (Å²) in [5, 5.41) is 9.16. The van der Waals surface area contributed by atoms with Crippen molar-refractivity contribution in [3.63, 3.8) is 0 Å². The van der Waals surface area contributed by atoms with Gasteiger partial charge < -0.3 is 5.11 Å². The lowest BCUT2D eigenvalue weighted by Gasteiger charge is -2.22. The van der Waals surface area contributed by atoms with Gasteiger partial charge >= 0.3 is 5.97 Å². The summed E-state index contributed by atoms with van der Waals surface area (Å²) in [6, 6.07) is 12.1. The topological polar surface area (TPSA) is 37.3 Å². The molecule has 1 atom stereocenters. The zero-order chi connectivity index (χ0) is 23.0. The average molecular weight is 419 g/mol. The van der Waals surface area contributed by atoms with E-state index in [2.05, 4.69) is 66.7 Å². The molecule has 1 aliphatic rings. The number of aryl methyl sites for hydroxylation is 1. The summed E-state index contributed by atoms with van der Waals surface area (Å²) in [6.07, 6.45) is 6.86. The van der Waals surface area contributed by atoms with E-state index < -0.39 is 5.97 Å². The van der Waals surface area contributed by atoms with E-state index >= 15 is 0 Å². The lowest BCUT2D eigenvalue weighted by atomic mass is 9.82. The normalized spacial score (nSPS) is 18.0. The van der Waals surface area contributed by atoms with Crippen molar-refractivity contribution in [3.05, 3.63) is 69.8 Å². The van der Waals surface area contributed by atoms with Crippen LogP contribution in [-0.4, -0.2) is 11.1 Å². The number of fused-ring (bicyclic) bond motifs is 1. The van der Waals surface area contributed by atoms with Crippen LogP contribution in [0.2, 0.25) is 0 Å². The van der Waals surface area contributed by atoms with Crippen LogP contribution in [0.5, 0.6) is 0 Å². The molecule has 0 amide bonds. The van der Waals surface area contributed by atoms with E-state index in [0.717, 1.165) is 17.9 Å². The maximum Gasteiger partial charge on any atom is 0.335 e. The first-order chi connectivity index (χ1) is 14.4. The van der Waals surface area contributed by atoms with E-state index in [9.17, 15) is 4.79 Å². The smallest absolute Gasteiger partial charge is 0.335 e. The Hall–Kier alpha value is -2.35. The van der Waals surface area contributed by atoms with E-state index in [1.165, 1.54) is 47.1 Å². The molecular formula is C29H38O2. The van der Waals surface area contributed by atoms with Crippen LogP contribution in [0.4, 0.5) is 0 Å². The summed E-state index contributed by atoms with van der Waals surface area (Å²) >= 11 is 0. The van der Waals surface area contributed by atoms with Crippen molar-refractivity contribution in [2.75, 3.05) is 0 Å². The lowest BCUT2D eigenvalue weighted by Crippen LogP contribution is -2.18. The largest absolute Gasteiger partial charge is 0.478 e. The number of benzene rings is 2. The van der Waals surface area contributed by atoms with Crippen molar-refractivity contribution < 1.29 is 9.90 Å². The molecule has 0 saturated heterocycles. The molecular weight excluding hydrogens is 380 g/mol. The highest BCUT2D eigenvalue weighted by molar-refractivity contribution is 5.88. The minimum absolute atomic E-state index is 0.173. The fraction of sp³-hybridized carbons (Fsp3) is 0.483. The molecule has 0 aromatic heterocycles. The number of allylic oxidation sites excluding steroid dienone is 1. The Morgan fingerprint density at radius 1 is 1.06 bits per heavy atom. The Morgan fingerprint density at radius 3 is 2.19 bits per heavy atom. The SMILES string of the molecule is CCC(C)CCc1cc2c(cc1/C(C)=C/c1ccc(C(=O)O)cc1)C(C)(C)CC2(C)C. The van der Waals surface area contributed by atoms with E-state index in [-0.39, 0.29) is 10.8 Å². The summed E-state index contributed by atoms with van der Waals surface area (Å²) in [4.78, 5) is 11.2. The van der Waals surface area contributed by atoms with Gasteiger partial charge in [-0.15, -0.1) is 0 Å². The van der Waals surface area contributed by atoms with E-state index in [1.807, 2.05) is 12.1 Å². The van der Waals surface area contributed by atoms with Crippen molar-refractivity contribution in [1.82, 2.24) is 0 Å². The van der Waals surface area contributed by atoms with Crippen molar-refractivity contribution in [1.29, 1.82) is 0 Å². The standard InChI is InChI=1S/C29H38O2/c1-8-19(2)9-12-23-16-25-26(29(6,7)18-28(25,4)5)17-24(23)20(3)15-21-10-13-22(14-11-21)27(30)31/h10-11,13-17,19H,8-9,12,18H2,1-7H3,(H,30,31)/b20-15+. The second-order valence-corrected chi connectivity index (χ2v) is 10.8. The number of carbonyl (C=O) groups is 1. The molecule has 1 aliphatic carbocycles. The summed E-state index contributed by atoms with van der Waals surface area (Å²) in [6.45, 7) is 16.3. The molecule has 0 spiro atoms. The molecule has 0 saturated carbocycles. The fourth-order valence-electron chi connectivity index (χ4n) is 5.29. The van der Waals surface area contributed by atoms with Gasteiger partial charge in [-0.2, -0.15) is 0 Å². The van der Waals surface area contributed by atoms with Crippen LogP contribution in [-0.2, 0) is 17.3 Å². The summed E-state index contributed by atoms with van der Waals surface area (Å²) in [5.74, 6) is -0.165. The van der Waals surface area contributed by atoms with Crippen LogP contribution in [0.3, 0.4) is 0 Å². The molecule has 2 aromatic rings. The van der Waals surface area contributed by atoms with Gasteiger partial charge in [0.15, 0.2) is 0 Å². The number of hydrogen-bond donors (Lipinski definition) is 1. The highest BCUT2D eigenvalue weighted by atomic mass is 16.4. The fourth-order valence-corrected chi connectivity index (χ4v) is 5.29. The Bertz CT molecular complexity index is 990. The Kier molecular flexibility index (Phi) is 6.51. The van der Waals surface area contributed by atoms with Gasteiger partial charge in [0, 0.05) is 0 Å². The average Bonchev–Trinajstić information content (AvgIpc) is 2.89. The maximum atomic E-state index is 11.2. The first-order valence-electron chi connectivity index (χ1n) is 11.6. The molecule has 2 aromatic carbocycles. The first kappa shape index (κ1) is 23.3. The Morgan fingerprint density at radius 2 is 1.65 bits per heavy atom. The van der Waals surface area contributed by atoms with Crippen LogP contribution < -0.4 is 0 Å². The van der Waals surface area contributed by atoms with E-state index in [1.54, 1.807) is 12.1 Å². The van der Waals surface area contributed by atoms with Gasteiger partial charge in [0.25, 0.3) is 0 Å². The Labute approximate surface area is 188 Å². The molecule has 0 aliphatic heterocycles. The molecule has 0 heterocycles. The van der Waals surface area contributed by atoms with Gasteiger partial charge in [0.05, 0.1) is 5.56 Å². The second kappa shape index (κ2) is 8.65. The van der Waals surface area contributed by atoms with Gasteiger partial charge in [-0.05, 0) is 88.5 Å². The first-order valence-corrected chi connectivity index (χ1v) is 11.6. The zero-order valence-electron chi connectivity index (χ0n) is 20.3. The molecule has 31 heavy (non-hydrogen) atoms. The molecule has 1 N–H and O–H groups in total. The number of aromatic carboxylic acids is 1. The molecule has 2 heteroatoms. The van der Waals surface area contributed by atoms with Crippen LogP contribution in [0.25, 0.3) is 11.6 Å². The monoisotopic (exact) mass is 418 g/mol. The number of rotatable bonds is 7. The predicted octanol–water partition coefficient (Wildman–Crippen LogP) is 7.88. The maximum absolute atomic E-state index is 11.2. The van der Waals surface area contributed by atoms with Gasteiger partial charge in [0.2, 0.25) is 0 Å². The number of hydrogen-bond acceptors (Lipinski definition) is 1. The van der Waals surface area contributed by atoms with Crippen molar-refractivity contribution in [3.8, 4) is 0 Å². The van der Waals surface area contributed by atoms with E-state index in [4.69, 9.17) is 5.11 Å². The van der Waals surface area contributed by atoms with Gasteiger partial charge in [-0.25, -0.2) is 4.79 Å². The number of carboxylic acid groups (broad SMARTS) is 1. The quantitative estimate of drug-likeness (QED) is 0.464. The van der Waals surface area contributed by atoms with Crippen molar-refractivity contribution in [2.45, 2.75) is 85.0 Å². The summed E-state index contributed by atoms with van der Waals surface area (Å²) in [5.41, 5.74) is 8.76. The molecule has 0 fully saturated rings. The second-order valence-electron chi connectivity index (χ2n) is 10.8. The molecule has 166 valence electrons. The predicted molar refractivity (Wildman–Crippen MR) is 132 cm³/mol. The van der Waals surface area contributed by atoms with Crippen LogP contribution in [0.15, 0.2) is 36.4 Å². The summed E-state index contributed by atoms with van der Waals surface area (Å²) in [7, 11) is 0. The molecule has 1 unspecified atom stereocenters. The minimum Gasteiger partial charge on any atom is -0.478 e. The number of carboxylic acids is 1. The van der Waals surface area contributed by atoms with Crippen molar-refractivity contribution >= 4 is 17.6 Å². The highest BCUT2D eigenvalue weighted by Crippen LogP contribution is 2.50. The summed E-state index contributed by atoms with van der Waals surface area (Å²) < 4.78 is 0. The Balaban J connectivity index is 2.07. The molecule has 0 radical (unpaired) electrons. The van der Waals surface area contributed by atoms with Gasteiger partial charge in [0.1, 0.15) is 0 Å². The van der Waals surface area contributed by atoms with Crippen molar-refractivity contribution in [2.24, 2.45) is 5.92 Å². The van der Waals surface area contributed by atoms with Crippen LogP contribution in [0, 0.1) is 5.92 Å².